The number of hydrogen-bond donors (Lipinski definition) is 5. The number of amides is 3. The van der Waals surface area contributed by atoms with Gasteiger partial charge in [0.2, 0.25) is 23.7 Å². The van der Waals surface area contributed by atoms with Gasteiger partial charge in [-0.2, -0.15) is 10.2 Å². The summed E-state index contributed by atoms with van der Waals surface area (Å²) in [4.78, 5) is 59.8. The summed E-state index contributed by atoms with van der Waals surface area (Å²) in [7, 11) is 4.99. The molecule has 0 atom stereocenters. The second-order valence-electron chi connectivity index (χ2n) is 15.5. The summed E-state index contributed by atoms with van der Waals surface area (Å²) in [5, 5.41) is 17.7. The van der Waals surface area contributed by atoms with Gasteiger partial charge in [-0.1, -0.05) is 12.2 Å². The van der Waals surface area contributed by atoms with Crippen LogP contribution in [0.15, 0.2) is 54.7 Å². The van der Waals surface area contributed by atoms with Crippen LogP contribution in [-0.4, -0.2) is 133 Å². The number of rotatable bonds is 17. The van der Waals surface area contributed by atoms with Gasteiger partial charge in [0, 0.05) is 83.8 Å². The predicted octanol–water partition coefficient (Wildman–Crippen LogP) is 2.34. The molecule has 1 spiro atoms. The first-order valence-corrected chi connectivity index (χ1v) is 20.9. The van der Waals surface area contributed by atoms with E-state index < -0.39 is 17.7 Å². The molecule has 2 aliphatic heterocycles. The van der Waals surface area contributed by atoms with Crippen molar-refractivity contribution in [1.82, 2.24) is 48.9 Å². The van der Waals surface area contributed by atoms with Crippen molar-refractivity contribution in [3.05, 3.63) is 83.0 Å². The first-order chi connectivity index (χ1) is 30.9. The number of nitrogens with one attached hydrogen (secondary N) is 3. The molecule has 21 nitrogen and oxygen atoms in total. The highest BCUT2D eigenvalue weighted by Crippen LogP contribution is 2.33. The molecule has 0 bridgehead atoms. The monoisotopic (exact) mass is 878 g/mol. The van der Waals surface area contributed by atoms with Gasteiger partial charge in [-0.25, -0.2) is 9.97 Å². The van der Waals surface area contributed by atoms with E-state index in [-0.39, 0.29) is 23.7 Å². The lowest BCUT2D eigenvalue weighted by atomic mass is 9.92. The van der Waals surface area contributed by atoms with Crippen LogP contribution < -0.4 is 36.9 Å². The fourth-order valence-electron chi connectivity index (χ4n) is 7.95. The van der Waals surface area contributed by atoms with Crippen LogP contribution in [0.5, 0.6) is 11.5 Å². The zero-order chi connectivity index (χ0) is 45.5. The number of hydrogen-bond acceptors (Lipinski definition) is 14. The number of carbonyl (C=O) groups excluding carboxylic acids is 4. The molecule has 0 unspecified atom stereocenters. The molecule has 2 fully saturated rings. The zero-order valence-electron chi connectivity index (χ0n) is 36.6. The molecule has 2 aliphatic rings. The minimum Gasteiger partial charge on any atom is -0.494 e. The van der Waals surface area contributed by atoms with E-state index in [2.05, 4.69) is 36.0 Å². The normalized spacial score (nSPS) is 14.6. The third-order valence-corrected chi connectivity index (χ3v) is 11.0. The minimum atomic E-state index is -0.636. The number of carbonyl (C=O) groups is 4. The Morgan fingerprint density at radius 3 is 2.19 bits per heavy atom. The molecule has 2 saturated heterocycles. The van der Waals surface area contributed by atoms with E-state index in [0.717, 1.165) is 52.0 Å². The molecule has 4 aromatic heterocycles. The summed E-state index contributed by atoms with van der Waals surface area (Å²) in [6.07, 6.45) is 7.01. The lowest BCUT2D eigenvalue weighted by molar-refractivity contribution is -0.156. The molecule has 3 amide bonds. The first-order valence-electron chi connectivity index (χ1n) is 20.9. The van der Waals surface area contributed by atoms with Crippen LogP contribution >= 0.6 is 0 Å². The van der Waals surface area contributed by atoms with Gasteiger partial charge in [0.15, 0.2) is 6.29 Å². The summed E-state index contributed by atoms with van der Waals surface area (Å²) in [5.41, 5.74) is 15.7. The van der Waals surface area contributed by atoms with Crippen LogP contribution in [0.2, 0.25) is 0 Å². The predicted molar refractivity (Wildman–Crippen MR) is 239 cm³/mol. The number of nitrogens with zero attached hydrogens (tertiary/aromatic N) is 9. The molecule has 7 N–H and O–H groups in total. The number of fused-ring (bicyclic) bond motifs is 2. The number of aromatic nitrogens is 8. The number of imidazole rings is 2. The SMILES string of the molecule is CCn1nc(C)cc1C(=O)Nc1nc2cc(C(N)=O)cc(OC)c2n1C/C=C/Cn1c(NC)nc2cc(C(N)=O)cc(OCCCN3CC4(CNCCO4)C3)c21.Cn1nccc1C=O. The van der Waals surface area contributed by atoms with E-state index in [1.165, 1.54) is 11.8 Å². The average molecular weight is 879 g/mol. The van der Waals surface area contributed by atoms with Gasteiger partial charge < -0.3 is 45.4 Å². The smallest absolute Gasteiger partial charge is 0.276 e. The van der Waals surface area contributed by atoms with Gasteiger partial charge in [-0.3, -0.25) is 38.8 Å². The number of anilines is 2. The van der Waals surface area contributed by atoms with Crippen LogP contribution in [0, 0.1) is 6.92 Å². The molecular formula is C43H54N14O7. The number of morpholine rings is 1. The van der Waals surface area contributed by atoms with Gasteiger partial charge in [-0.15, -0.1) is 0 Å². The number of benzene rings is 2. The molecule has 64 heavy (non-hydrogen) atoms. The largest absolute Gasteiger partial charge is 0.494 e. The number of likely N-dealkylation sites (tertiary alicyclic amines) is 1. The molecule has 0 radical (unpaired) electrons. The van der Waals surface area contributed by atoms with Crippen molar-refractivity contribution in [1.29, 1.82) is 0 Å². The summed E-state index contributed by atoms with van der Waals surface area (Å²) >= 11 is 0. The van der Waals surface area contributed by atoms with Gasteiger partial charge in [0.25, 0.3) is 5.91 Å². The molecular weight excluding hydrogens is 825 g/mol. The van der Waals surface area contributed by atoms with Crippen LogP contribution in [0.25, 0.3) is 22.1 Å². The zero-order valence-corrected chi connectivity index (χ0v) is 36.6. The van der Waals surface area contributed by atoms with E-state index in [9.17, 15) is 19.2 Å². The second-order valence-corrected chi connectivity index (χ2v) is 15.5. The highest BCUT2D eigenvalue weighted by molar-refractivity contribution is 6.04. The molecule has 6 aromatic rings. The Morgan fingerprint density at radius 2 is 1.62 bits per heavy atom. The Bertz CT molecular complexity index is 2700. The quantitative estimate of drug-likeness (QED) is 0.0501. The summed E-state index contributed by atoms with van der Waals surface area (Å²) in [6, 6.07) is 9.81. The van der Waals surface area contributed by atoms with E-state index in [1.54, 1.807) is 65.9 Å². The maximum atomic E-state index is 13.5. The van der Waals surface area contributed by atoms with Crippen LogP contribution in [0.3, 0.4) is 0 Å². The van der Waals surface area contributed by atoms with E-state index in [4.69, 9.17) is 30.7 Å². The highest BCUT2D eigenvalue weighted by atomic mass is 16.5. The maximum Gasteiger partial charge on any atom is 0.276 e. The topological polar surface area (TPSA) is 259 Å². The van der Waals surface area contributed by atoms with Crippen molar-refractivity contribution in [2.75, 3.05) is 70.7 Å². The Morgan fingerprint density at radius 1 is 0.969 bits per heavy atom. The third-order valence-electron chi connectivity index (χ3n) is 11.0. The minimum absolute atomic E-state index is 0.0792. The fourth-order valence-corrected chi connectivity index (χ4v) is 7.95. The van der Waals surface area contributed by atoms with E-state index in [1.807, 2.05) is 30.6 Å². The number of aryl methyl sites for hydroxylation is 3. The maximum absolute atomic E-state index is 13.5. The molecule has 0 saturated carbocycles. The van der Waals surface area contributed by atoms with Gasteiger partial charge in [0.05, 0.1) is 37.1 Å². The first kappa shape index (κ1) is 44.9. The third kappa shape index (κ3) is 9.60. The number of primary amides is 2. The highest BCUT2D eigenvalue weighted by Gasteiger charge is 2.44. The van der Waals surface area contributed by atoms with Crippen molar-refractivity contribution >= 4 is 58.0 Å². The van der Waals surface area contributed by atoms with Crippen LogP contribution in [0.1, 0.15) is 60.7 Å². The average Bonchev–Trinajstić information content (AvgIpc) is 4.06. The standard InChI is InChI=1S/C38H48N12O6.C5H6N2O/c1-5-50-28(15-23(2)46-50)35(53)45-37-44-26-16-24(33(39)51)18-29(54-4)31(26)49(37)12-7-6-11-48-32-27(43-36(48)41-3)17-25(34(40)52)19-30(32)55-13-8-10-47-21-38(22-47)20-42-9-14-56-38;1-7-5(4-8)2-3-6-7/h6-7,15-19,42H,5,8-14,20-22H2,1-4H3,(H2,39,51)(H2,40,52)(H,41,43)(H,44,45,53);2-4H,1H3/b7-6+;. The van der Waals surface area contributed by atoms with E-state index >= 15 is 0 Å². The number of allylic oxidation sites excluding steroid dienone is 2. The van der Waals surface area contributed by atoms with Crippen molar-refractivity contribution in [3.8, 4) is 11.5 Å². The fraction of sp³-hybridized carbons (Fsp3) is 0.395. The van der Waals surface area contributed by atoms with Crippen molar-refractivity contribution < 1.29 is 33.4 Å². The van der Waals surface area contributed by atoms with Gasteiger partial charge >= 0.3 is 0 Å². The van der Waals surface area contributed by atoms with Gasteiger partial charge in [-0.05, 0) is 56.7 Å². The van der Waals surface area contributed by atoms with Crippen LogP contribution in [-0.2, 0) is 31.4 Å². The Labute approximate surface area is 368 Å². The van der Waals surface area contributed by atoms with Gasteiger partial charge in [0.1, 0.15) is 39.5 Å². The Kier molecular flexibility index (Phi) is 13.7. The molecule has 8 rings (SSSR count). The van der Waals surface area contributed by atoms with Crippen molar-refractivity contribution in [3.63, 3.8) is 0 Å². The number of aldehydes is 1. The lowest BCUT2D eigenvalue weighted by Crippen LogP contribution is -2.69. The molecule has 2 aromatic carbocycles. The number of methoxy groups -OCH3 is 1. The number of ether oxygens (including phenoxy) is 3. The van der Waals surface area contributed by atoms with Crippen LogP contribution in [0.4, 0.5) is 11.9 Å². The Hall–Kier alpha value is -7.10. The molecule has 0 aliphatic carbocycles. The summed E-state index contributed by atoms with van der Waals surface area (Å²) < 4.78 is 24.9. The van der Waals surface area contributed by atoms with Crippen molar-refractivity contribution in [2.45, 2.75) is 45.5 Å². The van der Waals surface area contributed by atoms with Crippen molar-refractivity contribution in [2.24, 2.45) is 18.5 Å². The number of nitrogens with two attached hydrogens (primary N) is 2. The Balaban J connectivity index is 0.000000691. The second kappa shape index (κ2) is 19.5. The van der Waals surface area contributed by atoms with E-state index in [0.29, 0.717) is 81.9 Å². The molecule has 6 heterocycles. The lowest BCUT2D eigenvalue weighted by Gasteiger charge is -2.51. The summed E-state index contributed by atoms with van der Waals surface area (Å²) in [5.74, 6) is 0.0676. The molecule has 338 valence electrons. The summed E-state index contributed by atoms with van der Waals surface area (Å²) in [6.45, 7) is 10.4. The molecule has 21 heteroatoms.